The van der Waals surface area contributed by atoms with Gasteiger partial charge in [0.15, 0.2) is 0 Å². The lowest BCUT2D eigenvalue weighted by molar-refractivity contribution is -0.138. The molecular formula is C15H20F3NO. The molecular weight excluding hydrogens is 267 g/mol. The van der Waals surface area contributed by atoms with E-state index in [0.717, 1.165) is 12.8 Å². The number of likely N-dealkylation sites (N-methyl/N-ethyl adjacent to an activating group) is 1. The van der Waals surface area contributed by atoms with Crippen molar-refractivity contribution in [3.63, 3.8) is 0 Å². The smallest absolute Gasteiger partial charge is 0.381 e. The molecule has 1 aromatic rings. The normalized spacial score (nSPS) is 21.7. The van der Waals surface area contributed by atoms with Crippen molar-refractivity contribution in [2.45, 2.75) is 24.9 Å². The maximum atomic E-state index is 13.2. The van der Waals surface area contributed by atoms with Gasteiger partial charge < -0.3 is 10.1 Å². The fraction of sp³-hybridized carbons (Fsp3) is 0.600. The maximum Gasteiger partial charge on any atom is 0.416 e. The molecule has 2 unspecified atom stereocenters. The Labute approximate surface area is 117 Å². The summed E-state index contributed by atoms with van der Waals surface area (Å²) in [5.41, 5.74) is -0.143. The third kappa shape index (κ3) is 3.52. The number of rotatable bonds is 4. The van der Waals surface area contributed by atoms with Gasteiger partial charge in [-0.15, -0.1) is 0 Å². The first kappa shape index (κ1) is 15.3. The Bertz CT molecular complexity index is 427. The highest BCUT2D eigenvalue weighted by Gasteiger charge is 2.37. The monoisotopic (exact) mass is 287 g/mol. The van der Waals surface area contributed by atoms with Crippen LogP contribution in [0, 0.1) is 5.92 Å². The highest BCUT2D eigenvalue weighted by atomic mass is 19.4. The third-order valence-corrected chi connectivity index (χ3v) is 3.85. The number of hydrogen-bond donors (Lipinski definition) is 1. The molecule has 0 aliphatic carbocycles. The molecule has 5 heteroatoms. The van der Waals surface area contributed by atoms with Crippen molar-refractivity contribution in [2.75, 3.05) is 26.8 Å². The van der Waals surface area contributed by atoms with Crippen molar-refractivity contribution < 1.29 is 17.9 Å². The quantitative estimate of drug-likeness (QED) is 0.916. The van der Waals surface area contributed by atoms with E-state index in [9.17, 15) is 13.2 Å². The van der Waals surface area contributed by atoms with E-state index in [1.165, 1.54) is 12.1 Å². The van der Waals surface area contributed by atoms with E-state index >= 15 is 0 Å². The van der Waals surface area contributed by atoms with E-state index < -0.39 is 11.7 Å². The zero-order valence-corrected chi connectivity index (χ0v) is 11.5. The molecule has 1 aliphatic heterocycles. The van der Waals surface area contributed by atoms with Crippen LogP contribution in [0.5, 0.6) is 0 Å². The Balaban J connectivity index is 2.33. The summed E-state index contributed by atoms with van der Waals surface area (Å²) in [4.78, 5) is 0. The highest BCUT2D eigenvalue weighted by Crippen LogP contribution is 2.39. The van der Waals surface area contributed by atoms with Crippen LogP contribution in [0.15, 0.2) is 24.3 Å². The lowest BCUT2D eigenvalue weighted by Crippen LogP contribution is -2.31. The van der Waals surface area contributed by atoms with Crippen molar-refractivity contribution in [1.82, 2.24) is 5.32 Å². The second-order valence-corrected chi connectivity index (χ2v) is 5.23. The first-order chi connectivity index (χ1) is 9.54. The number of benzene rings is 1. The van der Waals surface area contributed by atoms with E-state index in [0.29, 0.717) is 25.3 Å². The molecule has 1 fully saturated rings. The van der Waals surface area contributed by atoms with Crippen LogP contribution in [0.2, 0.25) is 0 Å². The summed E-state index contributed by atoms with van der Waals surface area (Å²) in [7, 11) is 1.77. The molecule has 2 nitrogen and oxygen atoms in total. The Hall–Kier alpha value is -1.07. The lowest BCUT2D eigenvalue weighted by atomic mass is 9.80. The van der Waals surface area contributed by atoms with Gasteiger partial charge >= 0.3 is 6.18 Å². The van der Waals surface area contributed by atoms with Gasteiger partial charge in [0.1, 0.15) is 0 Å². The second kappa shape index (κ2) is 6.59. The Kier molecular flexibility index (Phi) is 5.05. The summed E-state index contributed by atoms with van der Waals surface area (Å²) in [5.74, 6) is -0.0298. The topological polar surface area (TPSA) is 21.3 Å². The van der Waals surface area contributed by atoms with Crippen molar-refractivity contribution in [2.24, 2.45) is 5.92 Å². The van der Waals surface area contributed by atoms with Gasteiger partial charge in [0.2, 0.25) is 0 Å². The number of hydrogen-bond acceptors (Lipinski definition) is 2. The summed E-state index contributed by atoms with van der Waals surface area (Å²) in [6.07, 6.45) is -2.48. The van der Waals surface area contributed by atoms with E-state index in [1.54, 1.807) is 19.2 Å². The van der Waals surface area contributed by atoms with Crippen LogP contribution in [-0.2, 0) is 10.9 Å². The summed E-state index contributed by atoms with van der Waals surface area (Å²) in [6, 6.07) is 5.89. The molecule has 2 atom stereocenters. The van der Waals surface area contributed by atoms with E-state index in [4.69, 9.17) is 4.74 Å². The van der Waals surface area contributed by atoms with Crippen LogP contribution in [0.4, 0.5) is 13.2 Å². The van der Waals surface area contributed by atoms with Crippen LogP contribution < -0.4 is 5.32 Å². The lowest BCUT2D eigenvalue weighted by Gasteiger charge is -2.32. The summed E-state index contributed by atoms with van der Waals surface area (Å²) >= 11 is 0. The molecule has 0 bridgehead atoms. The minimum absolute atomic E-state index is 0.139. The van der Waals surface area contributed by atoms with Gasteiger partial charge in [0.25, 0.3) is 0 Å². The maximum absolute atomic E-state index is 13.2. The molecule has 0 aromatic heterocycles. The Morgan fingerprint density at radius 2 is 2.10 bits per heavy atom. The molecule has 2 rings (SSSR count). The van der Waals surface area contributed by atoms with Gasteiger partial charge in [0.05, 0.1) is 12.2 Å². The number of halogens is 3. The number of nitrogens with one attached hydrogen (secondary N) is 1. The number of alkyl halides is 3. The summed E-state index contributed by atoms with van der Waals surface area (Å²) in [6.45, 7) is 1.78. The van der Waals surface area contributed by atoms with Crippen LogP contribution in [0.25, 0.3) is 0 Å². The first-order valence-corrected chi connectivity index (χ1v) is 6.92. The molecule has 0 amide bonds. The van der Waals surface area contributed by atoms with Crippen LogP contribution in [-0.4, -0.2) is 26.8 Å². The predicted octanol–water partition coefficient (Wildman–Crippen LogP) is 3.44. The Morgan fingerprint density at radius 1 is 1.35 bits per heavy atom. The van der Waals surface area contributed by atoms with Crippen LogP contribution in [0.3, 0.4) is 0 Å². The zero-order valence-electron chi connectivity index (χ0n) is 11.5. The van der Waals surface area contributed by atoms with Crippen LogP contribution >= 0.6 is 0 Å². The molecule has 0 radical (unpaired) electrons. The SMILES string of the molecule is CNCC(c1ccccc1C(F)(F)F)C1CCCOC1. The van der Waals surface area contributed by atoms with E-state index in [1.807, 2.05) is 0 Å². The molecule has 0 spiro atoms. The average molecular weight is 287 g/mol. The standard InChI is InChI=1S/C15H20F3NO/c1-19-9-13(11-5-4-8-20-10-11)12-6-2-3-7-14(12)15(16,17)18/h2-3,6-7,11,13,19H,4-5,8-10H2,1H3. The second-order valence-electron chi connectivity index (χ2n) is 5.23. The van der Waals surface area contributed by atoms with Crippen molar-refractivity contribution >= 4 is 0 Å². The van der Waals surface area contributed by atoms with Crippen molar-refractivity contribution in [3.8, 4) is 0 Å². The zero-order chi connectivity index (χ0) is 14.6. The van der Waals surface area contributed by atoms with Gasteiger partial charge in [-0.2, -0.15) is 13.2 Å². The minimum Gasteiger partial charge on any atom is -0.381 e. The molecule has 1 N–H and O–H groups in total. The van der Waals surface area contributed by atoms with Crippen LogP contribution in [0.1, 0.15) is 29.9 Å². The largest absolute Gasteiger partial charge is 0.416 e. The Morgan fingerprint density at radius 3 is 2.70 bits per heavy atom. The summed E-state index contributed by atoms with van der Waals surface area (Å²) in [5, 5.41) is 3.02. The van der Waals surface area contributed by atoms with Crippen molar-refractivity contribution in [1.29, 1.82) is 0 Å². The average Bonchev–Trinajstić information content (AvgIpc) is 2.45. The molecule has 1 aromatic carbocycles. The van der Waals surface area contributed by atoms with E-state index in [2.05, 4.69) is 5.32 Å². The fourth-order valence-electron chi connectivity index (χ4n) is 2.91. The third-order valence-electron chi connectivity index (χ3n) is 3.85. The fourth-order valence-corrected chi connectivity index (χ4v) is 2.91. The molecule has 1 heterocycles. The van der Waals surface area contributed by atoms with Gasteiger partial charge in [0, 0.05) is 19.1 Å². The first-order valence-electron chi connectivity index (χ1n) is 6.92. The molecule has 0 saturated carbocycles. The van der Waals surface area contributed by atoms with Gasteiger partial charge in [-0.3, -0.25) is 0 Å². The van der Waals surface area contributed by atoms with Gasteiger partial charge in [-0.1, -0.05) is 18.2 Å². The highest BCUT2D eigenvalue weighted by molar-refractivity contribution is 5.33. The predicted molar refractivity (Wildman–Crippen MR) is 71.7 cm³/mol. The summed E-state index contributed by atoms with van der Waals surface area (Å²) < 4.78 is 44.9. The molecule has 1 aliphatic rings. The van der Waals surface area contributed by atoms with E-state index in [-0.39, 0.29) is 11.8 Å². The van der Waals surface area contributed by atoms with Gasteiger partial charge in [-0.25, -0.2) is 0 Å². The minimum atomic E-state index is -4.31. The van der Waals surface area contributed by atoms with Gasteiger partial charge in [-0.05, 0) is 37.4 Å². The molecule has 1 saturated heterocycles. The van der Waals surface area contributed by atoms with Crippen molar-refractivity contribution in [3.05, 3.63) is 35.4 Å². The molecule has 20 heavy (non-hydrogen) atoms. The number of ether oxygens (including phenoxy) is 1. The molecule has 112 valence electrons.